The second-order valence-electron chi connectivity index (χ2n) is 6.31. The molecule has 2 rings (SSSR count). The SMILES string of the molecule is CC(C)Oc1ccc(NCCC(=O)NCCCc2ccccc2)cc1. The van der Waals surface area contributed by atoms with Crippen LogP contribution in [0.1, 0.15) is 32.3 Å². The molecule has 0 bridgehead atoms. The number of hydrogen-bond donors (Lipinski definition) is 2. The Bertz CT molecular complexity index is 624. The zero-order chi connectivity index (χ0) is 17.9. The number of ether oxygens (including phenoxy) is 1. The Labute approximate surface area is 150 Å². The van der Waals surface area contributed by atoms with Gasteiger partial charge in [0.2, 0.25) is 5.91 Å². The summed E-state index contributed by atoms with van der Waals surface area (Å²) in [6, 6.07) is 18.1. The highest BCUT2D eigenvalue weighted by atomic mass is 16.5. The molecule has 25 heavy (non-hydrogen) atoms. The van der Waals surface area contributed by atoms with Crippen LogP contribution in [0, 0.1) is 0 Å². The largest absolute Gasteiger partial charge is 0.491 e. The smallest absolute Gasteiger partial charge is 0.221 e. The van der Waals surface area contributed by atoms with Gasteiger partial charge in [-0.2, -0.15) is 0 Å². The molecule has 0 atom stereocenters. The van der Waals surface area contributed by atoms with E-state index in [1.807, 2.05) is 56.3 Å². The maximum Gasteiger partial charge on any atom is 0.221 e. The molecule has 0 aromatic heterocycles. The molecule has 2 aromatic rings. The maximum absolute atomic E-state index is 11.8. The van der Waals surface area contributed by atoms with Gasteiger partial charge in [0.05, 0.1) is 6.10 Å². The van der Waals surface area contributed by atoms with Crippen molar-refractivity contribution >= 4 is 11.6 Å². The van der Waals surface area contributed by atoms with E-state index in [0.29, 0.717) is 13.0 Å². The van der Waals surface area contributed by atoms with Gasteiger partial charge in [-0.3, -0.25) is 4.79 Å². The first-order chi connectivity index (χ1) is 12.1. The molecular formula is C21H28N2O2. The van der Waals surface area contributed by atoms with Gasteiger partial charge in [0.1, 0.15) is 5.75 Å². The molecule has 2 aromatic carbocycles. The van der Waals surface area contributed by atoms with E-state index in [4.69, 9.17) is 4.74 Å². The van der Waals surface area contributed by atoms with E-state index in [1.54, 1.807) is 0 Å². The van der Waals surface area contributed by atoms with Crippen LogP contribution in [0.2, 0.25) is 0 Å². The summed E-state index contributed by atoms with van der Waals surface area (Å²) in [6.45, 7) is 5.35. The number of hydrogen-bond acceptors (Lipinski definition) is 3. The molecule has 0 aliphatic heterocycles. The normalized spacial score (nSPS) is 10.5. The number of nitrogens with one attached hydrogen (secondary N) is 2. The van der Waals surface area contributed by atoms with Crippen LogP contribution in [-0.2, 0) is 11.2 Å². The van der Waals surface area contributed by atoms with Crippen LogP contribution in [0.5, 0.6) is 5.75 Å². The van der Waals surface area contributed by atoms with Crippen molar-refractivity contribution < 1.29 is 9.53 Å². The molecule has 0 aliphatic carbocycles. The molecule has 0 spiro atoms. The number of aryl methyl sites for hydroxylation is 1. The Kier molecular flexibility index (Phi) is 7.83. The van der Waals surface area contributed by atoms with Gasteiger partial charge in [0, 0.05) is 25.2 Å². The van der Waals surface area contributed by atoms with Crippen molar-refractivity contribution in [2.24, 2.45) is 0 Å². The van der Waals surface area contributed by atoms with E-state index in [0.717, 1.165) is 30.8 Å². The summed E-state index contributed by atoms with van der Waals surface area (Å²) in [5.74, 6) is 0.942. The fourth-order valence-corrected chi connectivity index (χ4v) is 2.50. The number of anilines is 1. The molecule has 0 saturated heterocycles. The van der Waals surface area contributed by atoms with Gasteiger partial charge < -0.3 is 15.4 Å². The lowest BCUT2D eigenvalue weighted by molar-refractivity contribution is -0.120. The average Bonchev–Trinajstić information content (AvgIpc) is 2.61. The van der Waals surface area contributed by atoms with Gasteiger partial charge in [0.25, 0.3) is 0 Å². The summed E-state index contributed by atoms with van der Waals surface area (Å²) < 4.78 is 5.61. The van der Waals surface area contributed by atoms with Gasteiger partial charge in [-0.15, -0.1) is 0 Å². The van der Waals surface area contributed by atoms with Crippen LogP contribution in [0.15, 0.2) is 54.6 Å². The molecule has 0 radical (unpaired) electrons. The molecule has 4 heteroatoms. The van der Waals surface area contributed by atoms with Crippen molar-refractivity contribution in [1.29, 1.82) is 0 Å². The van der Waals surface area contributed by atoms with Crippen LogP contribution in [0.4, 0.5) is 5.69 Å². The van der Waals surface area contributed by atoms with Gasteiger partial charge in [0.15, 0.2) is 0 Å². The molecule has 0 aliphatic rings. The lowest BCUT2D eigenvalue weighted by Gasteiger charge is -2.11. The fraction of sp³-hybridized carbons (Fsp3) is 0.381. The first kappa shape index (κ1) is 18.8. The minimum atomic E-state index is 0.0836. The number of carbonyl (C=O) groups is 1. The minimum absolute atomic E-state index is 0.0836. The highest BCUT2D eigenvalue weighted by molar-refractivity contribution is 5.76. The highest BCUT2D eigenvalue weighted by Gasteiger charge is 2.02. The minimum Gasteiger partial charge on any atom is -0.491 e. The zero-order valence-electron chi connectivity index (χ0n) is 15.1. The van der Waals surface area contributed by atoms with Crippen LogP contribution in [0.25, 0.3) is 0 Å². The Hall–Kier alpha value is -2.49. The third kappa shape index (κ3) is 7.75. The molecule has 4 nitrogen and oxygen atoms in total. The van der Waals surface area contributed by atoms with Gasteiger partial charge in [-0.25, -0.2) is 0 Å². The Morgan fingerprint density at radius 3 is 2.40 bits per heavy atom. The van der Waals surface area contributed by atoms with E-state index in [1.165, 1.54) is 5.56 Å². The fourth-order valence-electron chi connectivity index (χ4n) is 2.50. The Morgan fingerprint density at radius 2 is 1.72 bits per heavy atom. The van der Waals surface area contributed by atoms with Gasteiger partial charge in [-0.1, -0.05) is 30.3 Å². The molecule has 0 heterocycles. The van der Waals surface area contributed by atoms with Crippen LogP contribution < -0.4 is 15.4 Å². The van der Waals surface area contributed by atoms with Crippen molar-refractivity contribution in [2.45, 2.75) is 39.2 Å². The van der Waals surface area contributed by atoms with Crippen LogP contribution in [-0.4, -0.2) is 25.1 Å². The molecule has 134 valence electrons. The first-order valence-electron chi connectivity index (χ1n) is 8.94. The van der Waals surface area contributed by atoms with Crippen molar-refractivity contribution in [1.82, 2.24) is 5.32 Å². The molecule has 0 saturated carbocycles. The maximum atomic E-state index is 11.8. The molecular weight excluding hydrogens is 312 g/mol. The summed E-state index contributed by atoms with van der Waals surface area (Å²) in [6.07, 6.45) is 2.59. The Balaban J connectivity index is 1.57. The van der Waals surface area contributed by atoms with E-state index >= 15 is 0 Å². The predicted molar refractivity (Wildman–Crippen MR) is 103 cm³/mol. The summed E-state index contributed by atoms with van der Waals surface area (Å²) in [4.78, 5) is 11.8. The van der Waals surface area contributed by atoms with Crippen molar-refractivity contribution in [2.75, 3.05) is 18.4 Å². The quantitative estimate of drug-likeness (QED) is 0.642. The monoisotopic (exact) mass is 340 g/mol. The summed E-state index contributed by atoms with van der Waals surface area (Å²) >= 11 is 0. The number of rotatable bonds is 10. The van der Waals surface area contributed by atoms with Gasteiger partial charge >= 0.3 is 0 Å². The van der Waals surface area contributed by atoms with E-state index in [9.17, 15) is 4.79 Å². The molecule has 0 unspecified atom stereocenters. The van der Waals surface area contributed by atoms with Crippen molar-refractivity contribution in [3.8, 4) is 5.75 Å². The summed E-state index contributed by atoms with van der Waals surface area (Å²) in [5, 5.41) is 6.23. The second-order valence-corrected chi connectivity index (χ2v) is 6.31. The van der Waals surface area contributed by atoms with E-state index < -0.39 is 0 Å². The lowest BCUT2D eigenvalue weighted by Crippen LogP contribution is -2.26. The van der Waals surface area contributed by atoms with E-state index in [-0.39, 0.29) is 12.0 Å². The number of benzene rings is 2. The summed E-state index contributed by atoms with van der Waals surface area (Å²) in [5.41, 5.74) is 2.30. The number of carbonyl (C=O) groups excluding carboxylic acids is 1. The first-order valence-corrected chi connectivity index (χ1v) is 8.94. The molecule has 0 fully saturated rings. The van der Waals surface area contributed by atoms with Crippen molar-refractivity contribution in [3.63, 3.8) is 0 Å². The van der Waals surface area contributed by atoms with Gasteiger partial charge in [-0.05, 0) is 56.5 Å². The summed E-state index contributed by atoms with van der Waals surface area (Å²) in [7, 11) is 0. The third-order valence-electron chi connectivity index (χ3n) is 3.71. The molecule has 1 amide bonds. The molecule has 2 N–H and O–H groups in total. The Morgan fingerprint density at radius 1 is 1.00 bits per heavy atom. The third-order valence-corrected chi connectivity index (χ3v) is 3.71. The number of amides is 1. The highest BCUT2D eigenvalue weighted by Crippen LogP contribution is 2.16. The standard InChI is InChI=1S/C21H28N2O2/c1-17(2)25-20-12-10-19(11-13-20)22-16-14-21(24)23-15-6-9-18-7-4-3-5-8-18/h3-5,7-8,10-13,17,22H,6,9,14-16H2,1-2H3,(H,23,24). The van der Waals surface area contributed by atoms with E-state index in [2.05, 4.69) is 22.8 Å². The lowest BCUT2D eigenvalue weighted by atomic mass is 10.1. The van der Waals surface area contributed by atoms with Crippen molar-refractivity contribution in [3.05, 3.63) is 60.2 Å². The average molecular weight is 340 g/mol. The van der Waals surface area contributed by atoms with Crippen LogP contribution in [0.3, 0.4) is 0 Å². The zero-order valence-corrected chi connectivity index (χ0v) is 15.1. The topological polar surface area (TPSA) is 50.4 Å². The second kappa shape index (κ2) is 10.4. The predicted octanol–water partition coefficient (Wildman–Crippen LogP) is 4.02. The van der Waals surface area contributed by atoms with Crippen LogP contribution >= 0.6 is 0 Å².